The average Bonchev–Trinajstić information content (AvgIpc) is 2.80. The lowest BCUT2D eigenvalue weighted by Gasteiger charge is -2.44. The number of hydrogen-bond acceptors (Lipinski definition) is 3. The number of piperazine rings is 1. The van der Waals surface area contributed by atoms with Crippen LogP contribution < -0.4 is 4.90 Å². The molecule has 0 radical (unpaired) electrons. The van der Waals surface area contributed by atoms with Crippen molar-refractivity contribution in [1.29, 1.82) is 0 Å². The van der Waals surface area contributed by atoms with E-state index in [2.05, 4.69) is 4.90 Å². The monoisotopic (exact) mass is 488 g/mol. The SMILES string of the molecule is O=C(C(CO)c1ccccc1)N1CCN(c2ccc(Cl)cc2Cl)C(c2ccc(Cl)cc2)C1. The van der Waals surface area contributed by atoms with E-state index in [0.717, 1.165) is 16.8 Å². The quantitative estimate of drug-likeness (QED) is 0.492. The summed E-state index contributed by atoms with van der Waals surface area (Å²) >= 11 is 18.8. The molecule has 4 rings (SSSR count). The zero-order valence-corrected chi connectivity index (χ0v) is 19.6. The molecule has 0 aliphatic carbocycles. The maximum absolute atomic E-state index is 13.4. The molecular formula is C25H23Cl3N2O2. The van der Waals surface area contributed by atoms with Crippen LogP contribution in [0.4, 0.5) is 5.69 Å². The summed E-state index contributed by atoms with van der Waals surface area (Å²) in [7, 11) is 0. The van der Waals surface area contributed by atoms with Crippen LogP contribution in [0.25, 0.3) is 0 Å². The molecule has 1 saturated heterocycles. The number of amides is 1. The fourth-order valence-corrected chi connectivity index (χ4v) is 4.83. The van der Waals surface area contributed by atoms with Gasteiger partial charge in [0.05, 0.1) is 29.3 Å². The van der Waals surface area contributed by atoms with Gasteiger partial charge in [0.2, 0.25) is 5.91 Å². The Kier molecular flexibility index (Phi) is 7.27. The molecule has 7 heteroatoms. The summed E-state index contributed by atoms with van der Waals surface area (Å²) in [5.41, 5.74) is 2.70. The number of halogens is 3. The molecule has 1 aliphatic heterocycles. The van der Waals surface area contributed by atoms with Crippen LogP contribution in [0.1, 0.15) is 23.1 Å². The Labute approximate surface area is 202 Å². The molecule has 3 aromatic rings. The van der Waals surface area contributed by atoms with Crippen molar-refractivity contribution in [3.05, 3.63) is 99.0 Å². The van der Waals surface area contributed by atoms with Crippen LogP contribution in [0.2, 0.25) is 15.1 Å². The van der Waals surface area contributed by atoms with E-state index in [1.54, 1.807) is 6.07 Å². The molecule has 0 bridgehead atoms. The fourth-order valence-electron chi connectivity index (χ4n) is 4.19. The van der Waals surface area contributed by atoms with Crippen molar-refractivity contribution in [2.24, 2.45) is 0 Å². The van der Waals surface area contributed by atoms with Gasteiger partial charge in [-0.2, -0.15) is 0 Å². The van der Waals surface area contributed by atoms with Gasteiger partial charge < -0.3 is 14.9 Å². The van der Waals surface area contributed by atoms with Gasteiger partial charge in [-0.05, 0) is 41.5 Å². The molecule has 4 nitrogen and oxygen atoms in total. The van der Waals surface area contributed by atoms with E-state index in [9.17, 15) is 9.90 Å². The van der Waals surface area contributed by atoms with Gasteiger partial charge in [0.15, 0.2) is 0 Å². The number of carbonyl (C=O) groups excluding carboxylic acids is 1. The summed E-state index contributed by atoms with van der Waals surface area (Å²) in [4.78, 5) is 17.4. The number of hydrogen-bond donors (Lipinski definition) is 1. The minimum atomic E-state index is -0.590. The number of benzene rings is 3. The number of carbonyl (C=O) groups is 1. The van der Waals surface area contributed by atoms with Gasteiger partial charge in [0.1, 0.15) is 0 Å². The van der Waals surface area contributed by atoms with Crippen molar-refractivity contribution in [1.82, 2.24) is 4.90 Å². The molecule has 166 valence electrons. The van der Waals surface area contributed by atoms with Crippen LogP contribution in [-0.2, 0) is 4.79 Å². The Bertz CT molecular complexity index is 1080. The van der Waals surface area contributed by atoms with E-state index in [1.165, 1.54) is 0 Å². The molecule has 0 spiro atoms. The third-order valence-corrected chi connectivity index (χ3v) is 6.64. The summed E-state index contributed by atoms with van der Waals surface area (Å²) in [5, 5.41) is 11.8. The van der Waals surface area contributed by atoms with E-state index in [0.29, 0.717) is 34.7 Å². The third-order valence-electron chi connectivity index (χ3n) is 5.85. The van der Waals surface area contributed by atoms with Gasteiger partial charge in [-0.25, -0.2) is 0 Å². The van der Waals surface area contributed by atoms with Crippen molar-refractivity contribution in [3.63, 3.8) is 0 Å². The predicted molar refractivity (Wildman–Crippen MR) is 131 cm³/mol. The highest BCUT2D eigenvalue weighted by atomic mass is 35.5. The standard InChI is InChI=1S/C25H23Cl3N2O2/c26-19-8-6-18(7-9-19)24-15-29(25(32)21(16-31)17-4-2-1-3-5-17)12-13-30(24)23-11-10-20(27)14-22(23)28/h1-11,14,21,24,31H,12-13,15-16H2. The summed E-state index contributed by atoms with van der Waals surface area (Å²) < 4.78 is 0. The smallest absolute Gasteiger partial charge is 0.232 e. The van der Waals surface area contributed by atoms with Crippen molar-refractivity contribution in [3.8, 4) is 0 Å². The molecule has 1 N–H and O–H groups in total. The molecule has 32 heavy (non-hydrogen) atoms. The summed E-state index contributed by atoms with van der Waals surface area (Å²) in [6.45, 7) is 1.33. The van der Waals surface area contributed by atoms with Crippen molar-refractivity contribution in [2.75, 3.05) is 31.1 Å². The molecule has 1 amide bonds. The highest BCUT2D eigenvalue weighted by Gasteiger charge is 2.34. The second kappa shape index (κ2) is 10.1. The van der Waals surface area contributed by atoms with E-state index in [4.69, 9.17) is 34.8 Å². The normalized spacial score (nSPS) is 17.3. The second-order valence-corrected chi connectivity index (χ2v) is 9.07. The zero-order valence-electron chi connectivity index (χ0n) is 17.3. The third kappa shape index (κ3) is 4.89. The van der Waals surface area contributed by atoms with Crippen molar-refractivity contribution >= 4 is 46.4 Å². The topological polar surface area (TPSA) is 43.8 Å². The molecule has 3 aromatic carbocycles. The van der Waals surface area contributed by atoms with Crippen molar-refractivity contribution in [2.45, 2.75) is 12.0 Å². The van der Waals surface area contributed by atoms with Crippen LogP contribution in [0.5, 0.6) is 0 Å². The summed E-state index contributed by atoms with van der Waals surface area (Å²) in [6, 6.07) is 22.4. The van der Waals surface area contributed by atoms with E-state index < -0.39 is 5.92 Å². The number of nitrogens with zero attached hydrogens (tertiary/aromatic N) is 2. The Morgan fingerprint density at radius 1 is 0.938 bits per heavy atom. The highest BCUT2D eigenvalue weighted by molar-refractivity contribution is 6.36. The molecule has 1 aliphatic rings. The molecular weight excluding hydrogens is 467 g/mol. The first-order chi connectivity index (χ1) is 15.5. The lowest BCUT2D eigenvalue weighted by molar-refractivity contribution is -0.134. The van der Waals surface area contributed by atoms with Gasteiger partial charge in [0.25, 0.3) is 0 Å². The first-order valence-corrected chi connectivity index (χ1v) is 11.5. The minimum Gasteiger partial charge on any atom is -0.395 e. The number of aliphatic hydroxyl groups excluding tert-OH is 1. The molecule has 1 fully saturated rings. The Morgan fingerprint density at radius 2 is 1.62 bits per heavy atom. The fraction of sp³-hybridized carbons (Fsp3) is 0.240. The van der Waals surface area contributed by atoms with Gasteiger partial charge in [-0.15, -0.1) is 0 Å². The lowest BCUT2D eigenvalue weighted by atomic mass is 9.96. The lowest BCUT2D eigenvalue weighted by Crippen LogP contribution is -2.52. The van der Waals surface area contributed by atoms with Crippen LogP contribution >= 0.6 is 34.8 Å². The molecule has 2 unspecified atom stereocenters. The maximum atomic E-state index is 13.4. The first-order valence-electron chi connectivity index (χ1n) is 10.4. The Hall–Kier alpha value is -2.24. The maximum Gasteiger partial charge on any atom is 0.232 e. The van der Waals surface area contributed by atoms with Crippen LogP contribution in [0.3, 0.4) is 0 Å². The molecule has 1 heterocycles. The Balaban J connectivity index is 1.65. The zero-order chi connectivity index (χ0) is 22.7. The number of rotatable bonds is 5. The number of anilines is 1. The second-order valence-electron chi connectivity index (χ2n) is 7.79. The summed E-state index contributed by atoms with van der Waals surface area (Å²) in [6.07, 6.45) is 0. The highest BCUT2D eigenvalue weighted by Crippen LogP contribution is 2.37. The van der Waals surface area contributed by atoms with Gasteiger partial charge in [-0.3, -0.25) is 4.79 Å². The first kappa shape index (κ1) is 22.9. The Morgan fingerprint density at radius 3 is 2.28 bits per heavy atom. The van der Waals surface area contributed by atoms with Gasteiger partial charge in [0, 0.05) is 29.7 Å². The largest absolute Gasteiger partial charge is 0.395 e. The van der Waals surface area contributed by atoms with Gasteiger partial charge >= 0.3 is 0 Å². The van der Waals surface area contributed by atoms with E-state index in [1.807, 2.05) is 71.6 Å². The van der Waals surface area contributed by atoms with Crippen LogP contribution in [-0.4, -0.2) is 42.2 Å². The van der Waals surface area contributed by atoms with Gasteiger partial charge in [-0.1, -0.05) is 77.3 Å². The van der Waals surface area contributed by atoms with Crippen molar-refractivity contribution < 1.29 is 9.90 Å². The molecule has 2 atom stereocenters. The van der Waals surface area contributed by atoms with E-state index >= 15 is 0 Å². The van der Waals surface area contributed by atoms with Crippen LogP contribution in [0, 0.1) is 0 Å². The van der Waals surface area contributed by atoms with Crippen LogP contribution in [0.15, 0.2) is 72.8 Å². The number of aliphatic hydroxyl groups is 1. The molecule has 0 aromatic heterocycles. The average molecular weight is 490 g/mol. The molecule has 0 saturated carbocycles. The summed E-state index contributed by atoms with van der Waals surface area (Å²) in [5.74, 6) is -0.674. The minimum absolute atomic E-state index is 0.0838. The van der Waals surface area contributed by atoms with E-state index in [-0.39, 0.29) is 18.6 Å². The predicted octanol–water partition coefficient (Wildman–Crippen LogP) is 5.81.